The van der Waals surface area contributed by atoms with Crippen molar-refractivity contribution >= 4 is 10.0 Å². The lowest BCUT2D eigenvalue weighted by atomic mass is 10.1. The van der Waals surface area contributed by atoms with Crippen molar-refractivity contribution in [1.29, 1.82) is 5.26 Å². The van der Waals surface area contributed by atoms with Crippen molar-refractivity contribution in [2.24, 2.45) is 0 Å². The Balaban J connectivity index is 1.72. The van der Waals surface area contributed by atoms with Crippen molar-refractivity contribution in [2.45, 2.75) is 24.4 Å². The molecule has 1 heterocycles. The van der Waals surface area contributed by atoms with Gasteiger partial charge in [0.2, 0.25) is 10.0 Å². The van der Waals surface area contributed by atoms with Crippen molar-refractivity contribution in [3.63, 3.8) is 0 Å². The van der Waals surface area contributed by atoms with E-state index in [4.69, 9.17) is 5.26 Å². The molecule has 2 aromatic carbocycles. The van der Waals surface area contributed by atoms with Crippen LogP contribution in [0.25, 0.3) is 0 Å². The summed E-state index contributed by atoms with van der Waals surface area (Å²) < 4.78 is 29.4. The van der Waals surface area contributed by atoms with Gasteiger partial charge < -0.3 is 0 Å². The van der Waals surface area contributed by atoms with Crippen LogP contribution in [0.15, 0.2) is 71.9 Å². The summed E-state index contributed by atoms with van der Waals surface area (Å²) in [6.45, 7) is 2.26. The molecule has 0 bridgehead atoms. The molecule has 132 valence electrons. The minimum absolute atomic E-state index is 0.119. The quantitative estimate of drug-likeness (QED) is 0.727. The molecule has 0 radical (unpaired) electrons. The van der Waals surface area contributed by atoms with Gasteiger partial charge in [0, 0.05) is 12.2 Å². The molecule has 26 heavy (non-hydrogen) atoms. The molecule has 3 aromatic rings. The molecule has 1 aromatic heterocycles. The van der Waals surface area contributed by atoms with E-state index < -0.39 is 16.1 Å². The fourth-order valence-electron chi connectivity index (χ4n) is 2.56. The summed E-state index contributed by atoms with van der Waals surface area (Å²) in [5.41, 5.74) is 2.36. The van der Waals surface area contributed by atoms with Crippen LogP contribution < -0.4 is 4.72 Å². The van der Waals surface area contributed by atoms with Gasteiger partial charge in [0.05, 0.1) is 24.4 Å². The van der Waals surface area contributed by atoms with Gasteiger partial charge >= 0.3 is 0 Å². The van der Waals surface area contributed by atoms with E-state index >= 15 is 0 Å². The highest BCUT2D eigenvalue weighted by Crippen LogP contribution is 2.17. The van der Waals surface area contributed by atoms with E-state index in [9.17, 15) is 8.42 Å². The summed E-state index contributed by atoms with van der Waals surface area (Å²) in [5, 5.41) is 13.0. The molecule has 0 fully saturated rings. The third-order valence-electron chi connectivity index (χ3n) is 3.98. The maximum atomic E-state index is 12.6. The molecule has 0 unspecified atom stereocenters. The van der Waals surface area contributed by atoms with Gasteiger partial charge in [-0.15, -0.1) is 0 Å². The fourth-order valence-corrected chi connectivity index (χ4v) is 3.74. The van der Waals surface area contributed by atoms with E-state index in [-0.39, 0.29) is 4.90 Å². The monoisotopic (exact) mass is 366 g/mol. The first kappa shape index (κ1) is 17.9. The Kier molecular flexibility index (Phi) is 5.16. The van der Waals surface area contributed by atoms with Gasteiger partial charge in [0.1, 0.15) is 4.90 Å². The lowest BCUT2D eigenvalue weighted by Crippen LogP contribution is -2.26. The molecule has 0 aliphatic carbocycles. The van der Waals surface area contributed by atoms with Gasteiger partial charge in [-0.05, 0) is 30.2 Å². The predicted molar refractivity (Wildman–Crippen MR) is 97.7 cm³/mol. The van der Waals surface area contributed by atoms with Crippen molar-refractivity contribution in [1.82, 2.24) is 14.5 Å². The summed E-state index contributed by atoms with van der Waals surface area (Å²) in [5.74, 6) is 0. The average molecular weight is 366 g/mol. The second-order valence-corrected chi connectivity index (χ2v) is 7.65. The minimum Gasteiger partial charge on any atom is -0.267 e. The zero-order valence-electron chi connectivity index (χ0n) is 14.2. The first-order valence-electron chi connectivity index (χ1n) is 8.07. The number of benzene rings is 2. The lowest BCUT2D eigenvalue weighted by Gasteiger charge is -2.13. The van der Waals surface area contributed by atoms with Crippen molar-refractivity contribution in [3.8, 4) is 6.07 Å². The summed E-state index contributed by atoms with van der Waals surface area (Å²) >= 11 is 0. The highest BCUT2D eigenvalue weighted by Gasteiger charge is 2.20. The second kappa shape index (κ2) is 7.52. The van der Waals surface area contributed by atoms with Gasteiger partial charge in [0.15, 0.2) is 0 Å². The van der Waals surface area contributed by atoms with Crippen LogP contribution in [0.2, 0.25) is 0 Å². The number of nitriles is 1. The van der Waals surface area contributed by atoms with Crippen LogP contribution in [-0.2, 0) is 16.6 Å². The van der Waals surface area contributed by atoms with Gasteiger partial charge in [0.25, 0.3) is 0 Å². The Labute approximate surface area is 152 Å². The molecule has 0 aliphatic rings. The molecule has 6 nitrogen and oxygen atoms in total. The molecule has 0 aliphatic heterocycles. The van der Waals surface area contributed by atoms with E-state index in [0.717, 1.165) is 11.1 Å². The van der Waals surface area contributed by atoms with Crippen LogP contribution in [0, 0.1) is 11.3 Å². The molecule has 7 heteroatoms. The van der Waals surface area contributed by atoms with E-state index in [1.54, 1.807) is 35.9 Å². The third kappa shape index (κ3) is 4.17. The molecule has 0 amide bonds. The summed E-state index contributed by atoms with van der Waals surface area (Å²) in [7, 11) is -3.69. The van der Waals surface area contributed by atoms with E-state index in [1.165, 1.54) is 12.4 Å². The van der Waals surface area contributed by atoms with Crippen LogP contribution in [0.1, 0.15) is 29.7 Å². The van der Waals surface area contributed by atoms with Crippen LogP contribution in [0.3, 0.4) is 0 Å². The maximum absolute atomic E-state index is 12.6. The topological polar surface area (TPSA) is 87.8 Å². The minimum atomic E-state index is -3.69. The lowest BCUT2D eigenvalue weighted by molar-refractivity contribution is 0.566. The number of nitrogens with zero attached hydrogens (tertiary/aromatic N) is 3. The first-order chi connectivity index (χ1) is 12.5. The number of hydrogen-bond acceptors (Lipinski definition) is 4. The Hall–Kier alpha value is -2.95. The zero-order chi connectivity index (χ0) is 18.6. The number of nitrogens with one attached hydrogen (secondary N) is 1. The first-order valence-corrected chi connectivity index (χ1v) is 9.55. The third-order valence-corrected chi connectivity index (χ3v) is 5.47. The normalized spacial score (nSPS) is 12.5. The molecule has 1 N–H and O–H groups in total. The Morgan fingerprint density at radius 1 is 1.15 bits per heavy atom. The van der Waals surface area contributed by atoms with Crippen LogP contribution in [0.5, 0.6) is 0 Å². The molecule has 3 rings (SSSR count). The smallest absolute Gasteiger partial charge is 0.244 e. The van der Waals surface area contributed by atoms with Gasteiger partial charge in [-0.3, -0.25) is 4.68 Å². The van der Waals surface area contributed by atoms with Crippen LogP contribution in [0.4, 0.5) is 0 Å². The maximum Gasteiger partial charge on any atom is 0.244 e. The number of hydrogen-bond donors (Lipinski definition) is 1. The number of rotatable bonds is 6. The SMILES string of the molecule is C[C@H](NS(=O)(=O)c1cnn(Cc2ccccc2)c1)c1ccc(C#N)cc1. The fraction of sp³-hybridized carbons (Fsp3) is 0.158. The van der Waals surface area contributed by atoms with Crippen LogP contribution >= 0.6 is 0 Å². The Morgan fingerprint density at radius 3 is 2.50 bits per heavy atom. The summed E-state index contributed by atoms with van der Waals surface area (Å²) in [4.78, 5) is 0.119. The van der Waals surface area contributed by atoms with Gasteiger partial charge in [-0.1, -0.05) is 42.5 Å². The van der Waals surface area contributed by atoms with E-state index in [2.05, 4.69) is 9.82 Å². The van der Waals surface area contributed by atoms with E-state index in [0.29, 0.717) is 12.1 Å². The Morgan fingerprint density at radius 2 is 1.85 bits per heavy atom. The van der Waals surface area contributed by atoms with Gasteiger partial charge in [-0.25, -0.2) is 13.1 Å². The number of sulfonamides is 1. The largest absolute Gasteiger partial charge is 0.267 e. The Bertz CT molecular complexity index is 1020. The molecule has 0 saturated carbocycles. The number of aromatic nitrogens is 2. The average Bonchev–Trinajstić information content (AvgIpc) is 3.12. The molecule has 0 saturated heterocycles. The van der Waals surface area contributed by atoms with Crippen molar-refractivity contribution in [3.05, 3.63) is 83.7 Å². The molecule has 0 spiro atoms. The van der Waals surface area contributed by atoms with Crippen molar-refractivity contribution < 1.29 is 8.42 Å². The van der Waals surface area contributed by atoms with Crippen LogP contribution in [-0.4, -0.2) is 18.2 Å². The standard InChI is InChI=1S/C19H18N4O2S/c1-15(18-9-7-16(11-20)8-10-18)22-26(24,25)19-12-21-23(14-19)13-17-5-3-2-4-6-17/h2-10,12,14-15,22H,13H2,1H3/t15-/m0/s1. The van der Waals surface area contributed by atoms with Gasteiger partial charge in [-0.2, -0.15) is 10.4 Å². The predicted octanol–water partition coefficient (Wildman–Crippen LogP) is 2.84. The zero-order valence-corrected chi connectivity index (χ0v) is 15.0. The van der Waals surface area contributed by atoms with Crippen molar-refractivity contribution in [2.75, 3.05) is 0 Å². The highest BCUT2D eigenvalue weighted by atomic mass is 32.2. The summed E-state index contributed by atoms with van der Waals surface area (Å²) in [6, 6.07) is 18.1. The molecular weight excluding hydrogens is 348 g/mol. The second-order valence-electron chi connectivity index (χ2n) is 5.94. The molecular formula is C19H18N4O2S. The summed E-state index contributed by atoms with van der Waals surface area (Å²) in [6.07, 6.45) is 2.86. The highest BCUT2D eigenvalue weighted by molar-refractivity contribution is 7.89. The van der Waals surface area contributed by atoms with E-state index in [1.807, 2.05) is 36.4 Å². The molecule has 1 atom stereocenters.